The van der Waals surface area contributed by atoms with Crippen molar-refractivity contribution in [3.05, 3.63) is 23.9 Å². The first kappa shape index (κ1) is 21.0. The molecule has 1 aromatic rings. The van der Waals surface area contributed by atoms with E-state index < -0.39 is 0 Å². The fourth-order valence-electron chi connectivity index (χ4n) is 2.52. The molecule has 1 aromatic heterocycles. The highest BCUT2D eigenvalue weighted by Crippen LogP contribution is 2.15. The van der Waals surface area contributed by atoms with Crippen molar-refractivity contribution in [2.75, 3.05) is 51.2 Å². The first-order valence-electron chi connectivity index (χ1n) is 8.63. The van der Waals surface area contributed by atoms with Gasteiger partial charge in [0.25, 0.3) is 0 Å². The van der Waals surface area contributed by atoms with Crippen LogP contribution in [0.1, 0.15) is 25.8 Å². The summed E-state index contributed by atoms with van der Waals surface area (Å²) in [5.74, 6) is 1.95. The number of nitrogens with one attached hydrogen (secondary N) is 2. The van der Waals surface area contributed by atoms with E-state index in [2.05, 4.69) is 57.4 Å². The number of likely N-dealkylation sites (N-methyl/N-ethyl adjacent to an activating group) is 1. The summed E-state index contributed by atoms with van der Waals surface area (Å²) >= 11 is 0. The molecule has 1 aliphatic rings. The maximum absolute atomic E-state index is 4.66. The Kier molecular flexibility index (Phi) is 10.0. The molecule has 2 N–H and O–H groups in total. The van der Waals surface area contributed by atoms with Gasteiger partial charge in [-0.15, -0.1) is 24.0 Å². The van der Waals surface area contributed by atoms with Crippen LogP contribution < -0.4 is 15.5 Å². The van der Waals surface area contributed by atoms with Crippen LogP contribution in [0, 0.1) is 0 Å². The number of hydrogen-bond acceptors (Lipinski definition) is 4. The SMILES string of the molecule is CCCNC(=NCc1ccnc(N2CCN(C)CC2)c1)NCC.I. The Morgan fingerprint density at radius 1 is 1.21 bits per heavy atom. The van der Waals surface area contributed by atoms with Crippen molar-refractivity contribution in [1.29, 1.82) is 0 Å². The van der Waals surface area contributed by atoms with Gasteiger partial charge < -0.3 is 20.4 Å². The molecule has 2 rings (SSSR count). The van der Waals surface area contributed by atoms with Crippen molar-refractivity contribution < 1.29 is 0 Å². The molecule has 7 heteroatoms. The number of pyridine rings is 1. The highest BCUT2D eigenvalue weighted by molar-refractivity contribution is 14.0. The minimum atomic E-state index is 0. The maximum atomic E-state index is 4.66. The van der Waals surface area contributed by atoms with Gasteiger partial charge >= 0.3 is 0 Å². The predicted molar refractivity (Wildman–Crippen MR) is 112 cm³/mol. The molecule has 1 fully saturated rings. The third-order valence-electron chi connectivity index (χ3n) is 3.94. The molecule has 0 spiro atoms. The van der Waals surface area contributed by atoms with E-state index in [9.17, 15) is 0 Å². The number of aromatic nitrogens is 1. The molecule has 0 radical (unpaired) electrons. The van der Waals surface area contributed by atoms with E-state index in [0.29, 0.717) is 6.54 Å². The molecule has 136 valence electrons. The lowest BCUT2D eigenvalue weighted by atomic mass is 10.2. The third-order valence-corrected chi connectivity index (χ3v) is 3.94. The Morgan fingerprint density at radius 3 is 2.62 bits per heavy atom. The van der Waals surface area contributed by atoms with Crippen LogP contribution in [0.25, 0.3) is 0 Å². The summed E-state index contributed by atoms with van der Waals surface area (Å²) in [5, 5.41) is 6.61. The third kappa shape index (κ3) is 6.80. The van der Waals surface area contributed by atoms with Gasteiger partial charge in [0.2, 0.25) is 0 Å². The predicted octanol–water partition coefficient (Wildman–Crippen LogP) is 1.92. The normalized spacial score (nSPS) is 15.8. The van der Waals surface area contributed by atoms with E-state index in [0.717, 1.165) is 57.5 Å². The lowest BCUT2D eigenvalue weighted by Crippen LogP contribution is -2.44. The van der Waals surface area contributed by atoms with Gasteiger partial charge in [0.15, 0.2) is 5.96 Å². The van der Waals surface area contributed by atoms with Crippen molar-refractivity contribution in [2.45, 2.75) is 26.8 Å². The fourth-order valence-corrected chi connectivity index (χ4v) is 2.52. The molecule has 0 amide bonds. The number of piperazine rings is 1. The second-order valence-corrected chi connectivity index (χ2v) is 5.93. The van der Waals surface area contributed by atoms with Crippen LogP contribution in [0.2, 0.25) is 0 Å². The van der Waals surface area contributed by atoms with Crippen LogP contribution in [0.15, 0.2) is 23.3 Å². The quantitative estimate of drug-likeness (QED) is 0.398. The first-order chi connectivity index (χ1) is 11.2. The van der Waals surface area contributed by atoms with Crippen molar-refractivity contribution in [3.63, 3.8) is 0 Å². The lowest BCUT2D eigenvalue weighted by Gasteiger charge is -2.33. The monoisotopic (exact) mass is 446 g/mol. The van der Waals surface area contributed by atoms with Crippen LogP contribution >= 0.6 is 24.0 Å². The van der Waals surface area contributed by atoms with Crippen LogP contribution in [0.5, 0.6) is 0 Å². The van der Waals surface area contributed by atoms with Gasteiger partial charge in [-0.1, -0.05) is 6.92 Å². The van der Waals surface area contributed by atoms with Crippen molar-refractivity contribution in [3.8, 4) is 0 Å². The summed E-state index contributed by atoms with van der Waals surface area (Å²) in [6.45, 7) is 11.0. The van der Waals surface area contributed by atoms with E-state index in [-0.39, 0.29) is 24.0 Å². The molecule has 1 saturated heterocycles. The average molecular weight is 446 g/mol. The molecule has 2 heterocycles. The Bertz CT molecular complexity index is 500. The number of hydrogen-bond donors (Lipinski definition) is 2. The molecular weight excluding hydrogens is 415 g/mol. The summed E-state index contributed by atoms with van der Waals surface area (Å²) in [6, 6.07) is 4.21. The van der Waals surface area contributed by atoms with Gasteiger partial charge in [-0.25, -0.2) is 9.98 Å². The molecule has 0 aromatic carbocycles. The molecule has 0 atom stereocenters. The Balaban J connectivity index is 0.00000288. The molecule has 1 aliphatic heterocycles. The fraction of sp³-hybridized carbons (Fsp3) is 0.647. The zero-order chi connectivity index (χ0) is 16.5. The number of halogens is 1. The molecule has 0 saturated carbocycles. The Labute approximate surface area is 163 Å². The van der Waals surface area contributed by atoms with Gasteiger partial charge in [0.1, 0.15) is 5.82 Å². The minimum Gasteiger partial charge on any atom is -0.357 e. The van der Waals surface area contributed by atoms with Crippen LogP contribution in [0.4, 0.5) is 5.82 Å². The molecule has 0 unspecified atom stereocenters. The van der Waals surface area contributed by atoms with E-state index >= 15 is 0 Å². The number of aliphatic imine (C=N–C) groups is 1. The highest BCUT2D eigenvalue weighted by Gasteiger charge is 2.15. The average Bonchev–Trinajstić information content (AvgIpc) is 2.58. The zero-order valence-electron chi connectivity index (χ0n) is 15.1. The largest absolute Gasteiger partial charge is 0.357 e. The number of anilines is 1. The van der Waals surface area contributed by atoms with E-state index in [4.69, 9.17) is 0 Å². The minimum absolute atomic E-state index is 0. The van der Waals surface area contributed by atoms with Gasteiger partial charge in [0, 0.05) is 45.5 Å². The highest BCUT2D eigenvalue weighted by atomic mass is 127. The summed E-state index contributed by atoms with van der Waals surface area (Å²) in [6.07, 6.45) is 2.98. The number of guanidine groups is 1. The zero-order valence-corrected chi connectivity index (χ0v) is 17.4. The van der Waals surface area contributed by atoms with Crippen LogP contribution in [-0.4, -0.2) is 62.2 Å². The summed E-state index contributed by atoms with van der Waals surface area (Å²) in [7, 11) is 2.17. The van der Waals surface area contributed by atoms with Crippen LogP contribution in [-0.2, 0) is 6.54 Å². The molecule has 0 bridgehead atoms. The number of nitrogens with zero attached hydrogens (tertiary/aromatic N) is 4. The Hall–Kier alpha value is -1.09. The first-order valence-corrected chi connectivity index (χ1v) is 8.63. The molecule has 24 heavy (non-hydrogen) atoms. The summed E-state index contributed by atoms with van der Waals surface area (Å²) in [5.41, 5.74) is 1.20. The van der Waals surface area contributed by atoms with Gasteiger partial charge in [-0.05, 0) is 38.1 Å². The molecule has 0 aliphatic carbocycles. The van der Waals surface area contributed by atoms with Crippen molar-refractivity contribution in [1.82, 2.24) is 20.5 Å². The van der Waals surface area contributed by atoms with Crippen molar-refractivity contribution >= 4 is 35.8 Å². The van der Waals surface area contributed by atoms with Gasteiger partial charge in [-0.3, -0.25) is 0 Å². The van der Waals surface area contributed by atoms with E-state index in [1.54, 1.807) is 0 Å². The summed E-state index contributed by atoms with van der Waals surface area (Å²) < 4.78 is 0. The van der Waals surface area contributed by atoms with E-state index in [1.807, 2.05) is 12.3 Å². The summed E-state index contributed by atoms with van der Waals surface area (Å²) in [4.78, 5) is 13.9. The maximum Gasteiger partial charge on any atom is 0.191 e. The number of rotatable bonds is 6. The topological polar surface area (TPSA) is 55.8 Å². The smallest absolute Gasteiger partial charge is 0.191 e. The van der Waals surface area contributed by atoms with Crippen LogP contribution in [0.3, 0.4) is 0 Å². The molecule has 6 nitrogen and oxygen atoms in total. The second-order valence-electron chi connectivity index (χ2n) is 5.93. The lowest BCUT2D eigenvalue weighted by molar-refractivity contribution is 0.312. The van der Waals surface area contributed by atoms with E-state index in [1.165, 1.54) is 5.56 Å². The van der Waals surface area contributed by atoms with Crippen molar-refractivity contribution in [2.24, 2.45) is 4.99 Å². The Morgan fingerprint density at radius 2 is 1.96 bits per heavy atom. The second kappa shape index (κ2) is 11.5. The standard InChI is InChI=1S/C17H30N6.HI/c1-4-7-20-17(18-5-2)21-14-15-6-8-19-16(13-15)23-11-9-22(3)10-12-23;/h6,8,13H,4-5,7,9-12,14H2,1-3H3,(H2,18,20,21);1H. The molecular formula is C17H31IN6. The van der Waals surface area contributed by atoms with Gasteiger partial charge in [-0.2, -0.15) is 0 Å². The van der Waals surface area contributed by atoms with Gasteiger partial charge in [0.05, 0.1) is 6.54 Å².